The lowest BCUT2D eigenvalue weighted by Crippen LogP contribution is -2.26. The molecule has 0 heterocycles. The molecule has 2 nitrogen and oxygen atoms in total. The number of alkyl halides is 6. The van der Waals surface area contributed by atoms with E-state index in [1.807, 2.05) is 0 Å². The lowest BCUT2D eigenvalue weighted by Gasteiger charge is -2.22. The van der Waals surface area contributed by atoms with Gasteiger partial charge in [0.2, 0.25) is 0 Å². The smallest absolute Gasteiger partial charge is 0.416 e. The molecule has 0 spiro atoms. The predicted molar refractivity (Wildman–Crippen MR) is 52.5 cm³/mol. The lowest BCUT2D eigenvalue weighted by molar-refractivity contribution is -0.166. The van der Waals surface area contributed by atoms with Crippen molar-refractivity contribution in [3.8, 4) is 0 Å². The first-order valence-corrected chi connectivity index (χ1v) is 4.98. The predicted octanol–water partition coefficient (Wildman–Crippen LogP) is 3.83. The molecule has 1 N–H and O–H groups in total. The number of halogens is 6. The maximum Gasteiger partial charge on any atom is 0.416 e. The zero-order chi connectivity index (χ0) is 14.8. The molecule has 0 amide bonds. The largest absolute Gasteiger partial charge is 0.481 e. The lowest BCUT2D eigenvalue weighted by atomic mass is 9.90. The number of aliphatic carboxylic acids is 1. The van der Waals surface area contributed by atoms with Gasteiger partial charge in [-0.25, -0.2) is 0 Å². The molecule has 0 fully saturated rings. The van der Waals surface area contributed by atoms with Crippen LogP contribution in [0.3, 0.4) is 0 Å². The van der Waals surface area contributed by atoms with Crippen LogP contribution in [0.4, 0.5) is 26.3 Å². The van der Waals surface area contributed by atoms with Gasteiger partial charge in [0.05, 0.1) is 17.9 Å². The number of carboxylic acids is 1. The first-order valence-electron chi connectivity index (χ1n) is 4.98. The first-order chi connectivity index (χ1) is 8.53. The highest BCUT2D eigenvalue weighted by Crippen LogP contribution is 2.43. The van der Waals surface area contributed by atoms with Crippen molar-refractivity contribution in [3.05, 3.63) is 35.4 Å². The highest BCUT2D eigenvalue weighted by molar-refractivity contribution is 5.68. The Morgan fingerprint density at radius 1 is 1.11 bits per heavy atom. The van der Waals surface area contributed by atoms with E-state index >= 15 is 0 Å². The van der Waals surface area contributed by atoms with E-state index in [0.717, 1.165) is 12.1 Å². The number of rotatable bonds is 3. The summed E-state index contributed by atoms with van der Waals surface area (Å²) in [5.41, 5.74) is -2.55. The van der Waals surface area contributed by atoms with Crippen LogP contribution < -0.4 is 0 Å². The zero-order valence-electron chi connectivity index (χ0n) is 9.22. The Balaban J connectivity index is 3.35. The Bertz CT molecular complexity index is 463. The summed E-state index contributed by atoms with van der Waals surface area (Å²) in [5.74, 6) is -4.51. The fourth-order valence-corrected chi connectivity index (χ4v) is 1.64. The highest BCUT2D eigenvalue weighted by atomic mass is 19.4. The van der Waals surface area contributed by atoms with Gasteiger partial charge in [0.25, 0.3) is 0 Å². The summed E-state index contributed by atoms with van der Waals surface area (Å²) in [6.45, 7) is 0. The molecule has 1 aromatic rings. The van der Waals surface area contributed by atoms with E-state index in [9.17, 15) is 31.1 Å². The van der Waals surface area contributed by atoms with Crippen LogP contribution in [0.2, 0.25) is 0 Å². The highest BCUT2D eigenvalue weighted by Gasteiger charge is 2.46. The minimum absolute atomic E-state index is 0.496. The van der Waals surface area contributed by atoms with Gasteiger partial charge >= 0.3 is 18.3 Å². The van der Waals surface area contributed by atoms with Crippen LogP contribution in [0.25, 0.3) is 0 Å². The second-order valence-corrected chi connectivity index (χ2v) is 3.78. The average molecular weight is 286 g/mol. The first kappa shape index (κ1) is 15.3. The number of carbonyl (C=O) groups is 1. The molecule has 1 rings (SSSR count). The van der Waals surface area contributed by atoms with Gasteiger partial charge in [0, 0.05) is 0 Å². The SMILES string of the molecule is O=C(O)CC(c1ccccc1C(F)(F)F)C(F)(F)F. The molecule has 0 bridgehead atoms. The maximum atomic E-state index is 12.7. The summed E-state index contributed by atoms with van der Waals surface area (Å²) in [6.07, 6.45) is -11.5. The van der Waals surface area contributed by atoms with E-state index in [-0.39, 0.29) is 0 Å². The van der Waals surface area contributed by atoms with Crippen LogP contribution in [0.5, 0.6) is 0 Å². The Morgan fingerprint density at radius 2 is 1.63 bits per heavy atom. The number of hydrogen-bond acceptors (Lipinski definition) is 1. The van der Waals surface area contributed by atoms with Gasteiger partial charge in [-0.1, -0.05) is 18.2 Å². The molecule has 106 valence electrons. The second-order valence-electron chi connectivity index (χ2n) is 3.78. The summed E-state index contributed by atoms with van der Waals surface area (Å²) >= 11 is 0. The van der Waals surface area contributed by atoms with E-state index in [2.05, 4.69) is 0 Å². The molecular formula is C11H8F6O2. The molecule has 1 aromatic carbocycles. The molecule has 0 radical (unpaired) electrons. The molecule has 0 saturated heterocycles. The van der Waals surface area contributed by atoms with Crippen molar-refractivity contribution in [2.75, 3.05) is 0 Å². The molecule has 0 aromatic heterocycles. The third-order valence-corrected chi connectivity index (χ3v) is 2.42. The van der Waals surface area contributed by atoms with Crippen LogP contribution in [0, 0.1) is 0 Å². The average Bonchev–Trinajstić information content (AvgIpc) is 2.23. The van der Waals surface area contributed by atoms with Gasteiger partial charge in [-0.15, -0.1) is 0 Å². The topological polar surface area (TPSA) is 37.3 Å². The van der Waals surface area contributed by atoms with E-state index < -0.39 is 41.8 Å². The van der Waals surface area contributed by atoms with Crippen molar-refractivity contribution in [1.82, 2.24) is 0 Å². The Morgan fingerprint density at radius 3 is 2.05 bits per heavy atom. The van der Waals surface area contributed by atoms with E-state index in [1.165, 1.54) is 0 Å². The fourth-order valence-electron chi connectivity index (χ4n) is 1.64. The third-order valence-electron chi connectivity index (χ3n) is 2.42. The van der Waals surface area contributed by atoms with Gasteiger partial charge in [0.1, 0.15) is 0 Å². The molecule has 8 heteroatoms. The summed E-state index contributed by atoms with van der Waals surface area (Å²) in [6, 6.07) is 3.09. The van der Waals surface area contributed by atoms with Gasteiger partial charge in [-0.05, 0) is 11.6 Å². The molecule has 19 heavy (non-hydrogen) atoms. The molecule has 0 aliphatic rings. The molecule has 1 atom stereocenters. The van der Waals surface area contributed by atoms with E-state index in [0.29, 0.717) is 12.1 Å². The summed E-state index contributed by atoms with van der Waals surface area (Å²) in [4.78, 5) is 10.4. The normalized spacial score (nSPS) is 14.2. The minimum atomic E-state index is -5.07. The van der Waals surface area contributed by atoms with E-state index in [1.54, 1.807) is 0 Å². The summed E-state index contributed by atoms with van der Waals surface area (Å²) in [5, 5.41) is 8.42. The summed E-state index contributed by atoms with van der Waals surface area (Å²) < 4.78 is 76.0. The van der Waals surface area contributed by atoms with Crippen LogP contribution in [-0.4, -0.2) is 17.3 Å². The number of benzene rings is 1. The maximum absolute atomic E-state index is 12.7. The van der Waals surface area contributed by atoms with Crippen LogP contribution in [-0.2, 0) is 11.0 Å². The van der Waals surface area contributed by atoms with Crippen LogP contribution >= 0.6 is 0 Å². The monoisotopic (exact) mass is 286 g/mol. The van der Waals surface area contributed by atoms with Crippen LogP contribution in [0.1, 0.15) is 23.5 Å². The van der Waals surface area contributed by atoms with Gasteiger partial charge in [-0.2, -0.15) is 26.3 Å². The third kappa shape index (κ3) is 3.87. The van der Waals surface area contributed by atoms with Gasteiger partial charge in [0.15, 0.2) is 0 Å². The minimum Gasteiger partial charge on any atom is -0.481 e. The fraction of sp³-hybridized carbons (Fsp3) is 0.364. The van der Waals surface area contributed by atoms with Crippen molar-refractivity contribution in [1.29, 1.82) is 0 Å². The molecule has 0 aliphatic carbocycles. The summed E-state index contributed by atoms with van der Waals surface area (Å²) in [7, 11) is 0. The number of carboxylic acid groups (broad SMARTS) is 1. The second kappa shape index (κ2) is 5.10. The number of hydrogen-bond donors (Lipinski definition) is 1. The van der Waals surface area contributed by atoms with Crippen molar-refractivity contribution < 1.29 is 36.2 Å². The van der Waals surface area contributed by atoms with Crippen molar-refractivity contribution in [3.63, 3.8) is 0 Å². The molecule has 0 saturated carbocycles. The Hall–Kier alpha value is -1.73. The molecule has 0 aliphatic heterocycles. The standard InChI is InChI=1S/C11H8F6O2/c12-10(13,14)7-4-2-1-3-6(7)8(5-9(18)19)11(15,16)17/h1-4,8H,5H2,(H,18,19). The molecular weight excluding hydrogens is 278 g/mol. The Kier molecular flexibility index (Phi) is 4.12. The van der Waals surface area contributed by atoms with Gasteiger partial charge in [-0.3, -0.25) is 4.79 Å². The Labute approximate surface area is 103 Å². The van der Waals surface area contributed by atoms with Crippen molar-refractivity contribution in [2.45, 2.75) is 24.7 Å². The quantitative estimate of drug-likeness (QED) is 0.857. The van der Waals surface area contributed by atoms with Gasteiger partial charge < -0.3 is 5.11 Å². The van der Waals surface area contributed by atoms with Crippen LogP contribution in [0.15, 0.2) is 24.3 Å². The van der Waals surface area contributed by atoms with Crippen molar-refractivity contribution in [2.24, 2.45) is 0 Å². The van der Waals surface area contributed by atoms with Crippen molar-refractivity contribution >= 4 is 5.97 Å². The zero-order valence-corrected chi connectivity index (χ0v) is 9.22. The molecule has 1 unspecified atom stereocenters. The van der Waals surface area contributed by atoms with E-state index in [4.69, 9.17) is 5.11 Å².